The zero-order valence-corrected chi connectivity index (χ0v) is 8.53. The first kappa shape index (κ1) is 8.85. The smallest absolute Gasteiger partial charge is 0.0797 e. The van der Waals surface area contributed by atoms with E-state index in [2.05, 4.69) is 4.90 Å². The minimum absolute atomic E-state index is 0.447. The molecule has 0 atom stereocenters. The molecule has 70 valence electrons. The van der Waals surface area contributed by atoms with Gasteiger partial charge in [0.05, 0.1) is 6.61 Å². The molecule has 2 aliphatic rings. The zero-order valence-electron chi connectivity index (χ0n) is 7.71. The number of rotatable bonds is 3. The van der Waals surface area contributed by atoms with E-state index in [9.17, 15) is 0 Å². The fourth-order valence-corrected chi connectivity index (χ4v) is 2.97. The molecule has 0 amide bonds. The van der Waals surface area contributed by atoms with Gasteiger partial charge < -0.3 is 4.18 Å². The molecule has 2 aliphatic heterocycles. The van der Waals surface area contributed by atoms with Gasteiger partial charge in [-0.3, -0.25) is 4.90 Å². The average Bonchev–Trinajstić information content (AvgIpc) is 2.58. The van der Waals surface area contributed by atoms with Crippen molar-refractivity contribution in [3.8, 4) is 0 Å². The van der Waals surface area contributed by atoms with Crippen LogP contribution in [0.2, 0.25) is 0 Å². The Bertz CT molecular complexity index is 153. The van der Waals surface area contributed by atoms with Crippen LogP contribution >= 0.6 is 12.0 Å². The fourth-order valence-electron chi connectivity index (χ4n) is 2.63. The second kappa shape index (κ2) is 3.56. The second-order valence-electron chi connectivity index (χ2n) is 3.85. The van der Waals surface area contributed by atoms with Gasteiger partial charge in [-0.05, 0) is 50.8 Å². The molecule has 2 saturated heterocycles. The van der Waals surface area contributed by atoms with E-state index in [1.165, 1.54) is 50.8 Å². The van der Waals surface area contributed by atoms with Crippen molar-refractivity contribution in [2.75, 3.05) is 26.0 Å². The quantitative estimate of drug-likeness (QED) is 0.626. The first-order chi connectivity index (χ1) is 5.87. The van der Waals surface area contributed by atoms with Crippen LogP contribution in [0.5, 0.6) is 0 Å². The number of hydrogen-bond donors (Lipinski definition) is 0. The molecular weight excluding hydrogens is 170 g/mol. The summed E-state index contributed by atoms with van der Waals surface area (Å²) >= 11 is 1.51. The molecule has 2 rings (SSSR count). The normalized spacial score (nSPS) is 27.8. The van der Waals surface area contributed by atoms with Crippen LogP contribution in [0, 0.1) is 0 Å². The Morgan fingerprint density at radius 3 is 2.58 bits per heavy atom. The van der Waals surface area contributed by atoms with Gasteiger partial charge in [0.2, 0.25) is 0 Å². The summed E-state index contributed by atoms with van der Waals surface area (Å²) in [6.07, 6.45) is 7.46. The maximum atomic E-state index is 5.50. The highest BCUT2D eigenvalue weighted by atomic mass is 32.2. The maximum Gasteiger partial charge on any atom is 0.0797 e. The molecule has 0 N–H and O–H groups in total. The van der Waals surface area contributed by atoms with Crippen LogP contribution in [-0.4, -0.2) is 36.4 Å². The van der Waals surface area contributed by atoms with Crippen molar-refractivity contribution in [2.45, 2.75) is 31.2 Å². The van der Waals surface area contributed by atoms with Crippen molar-refractivity contribution in [2.24, 2.45) is 0 Å². The first-order valence-corrected chi connectivity index (χ1v) is 5.93. The van der Waals surface area contributed by atoms with Gasteiger partial charge in [0.15, 0.2) is 0 Å². The maximum absolute atomic E-state index is 5.50. The molecule has 0 aromatic rings. The third-order valence-corrected chi connectivity index (χ3v) is 3.61. The van der Waals surface area contributed by atoms with Crippen LogP contribution in [0.15, 0.2) is 0 Å². The van der Waals surface area contributed by atoms with Crippen molar-refractivity contribution >= 4 is 12.0 Å². The molecule has 0 radical (unpaired) electrons. The molecule has 0 aliphatic carbocycles. The van der Waals surface area contributed by atoms with E-state index in [1.807, 2.05) is 6.26 Å². The van der Waals surface area contributed by atoms with Gasteiger partial charge in [-0.25, -0.2) is 0 Å². The van der Waals surface area contributed by atoms with Crippen molar-refractivity contribution in [1.29, 1.82) is 0 Å². The van der Waals surface area contributed by atoms with Gasteiger partial charge in [0.1, 0.15) is 0 Å². The Kier molecular flexibility index (Phi) is 2.63. The number of fused-ring (bicyclic) bond motifs is 1. The Morgan fingerprint density at radius 1 is 1.33 bits per heavy atom. The van der Waals surface area contributed by atoms with Crippen LogP contribution in [0.1, 0.15) is 25.7 Å². The van der Waals surface area contributed by atoms with Gasteiger partial charge in [-0.2, -0.15) is 0 Å². The summed E-state index contributed by atoms with van der Waals surface area (Å²) in [6, 6.07) is 0. The van der Waals surface area contributed by atoms with Crippen molar-refractivity contribution in [3.05, 3.63) is 0 Å². The minimum atomic E-state index is 0.447. The van der Waals surface area contributed by atoms with Crippen molar-refractivity contribution < 1.29 is 4.18 Å². The Hall–Kier alpha value is 0.270. The summed E-state index contributed by atoms with van der Waals surface area (Å²) in [5.41, 5.74) is 0.447. The summed E-state index contributed by atoms with van der Waals surface area (Å²) in [5.74, 6) is 0. The standard InChI is InChI=1S/C9H17NOS/c1-12-11-8-9-4-2-6-10(9)7-3-5-9/h2-8H2,1H3. The van der Waals surface area contributed by atoms with Gasteiger partial charge in [0.25, 0.3) is 0 Å². The Morgan fingerprint density at radius 2 is 2.00 bits per heavy atom. The molecule has 0 aromatic carbocycles. The molecule has 12 heavy (non-hydrogen) atoms. The molecule has 2 fully saturated rings. The highest BCUT2D eigenvalue weighted by molar-refractivity contribution is 7.93. The van der Waals surface area contributed by atoms with E-state index in [-0.39, 0.29) is 0 Å². The lowest BCUT2D eigenvalue weighted by Crippen LogP contribution is -2.41. The van der Waals surface area contributed by atoms with Gasteiger partial charge in [0, 0.05) is 11.8 Å². The summed E-state index contributed by atoms with van der Waals surface area (Å²) < 4.78 is 5.50. The lowest BCUT2D eigenvalue weighted by atomic mass is 9.95. The SMILES string of the molecule is CSOCC12CCCN1CCC2. The van der Waals surface area contributed by atoms with E-state index in [1.54, 1.807) is 0 Å². The van der Waals surface area contributed by atoms with Crippen LogP contribution in [0.25, 0.3) is 0 Å². The average molecular weight is 187 g/mol. The van der Waals surface area contributed by atoms with Crippen molar-refractivity contribution in [1.82, 2.24) is 4.90 Å². The van der Waals surface area contributed by atoms with Gasteiger partial charge in [-0.1, -0.05) is 0 Å². The molecule has 0 bridgehead atoms. The largest absolute Gasteiger partial charge is 0.314 e. The topological polar surface area (TPSA) is 12.5 Å². The monoisotopic (exact) mass is 187 g/mol. The molecule has 3 heteroatoms. The summed E-state index contributed by atoms with van der Waals surface area (Å²) in [7, 11) is 0. The summed E-state index contributed by atoms with van der Waals surface area (Å²) in [6.45, 7) is 3.55. The first-order valence-electron chi connectivity index (χ1n) is 4.78. The third-order valence-electron chi connectivity index (χ3n) is 3.26. The lowest BCUT2D eigenvalue weighted by Gasteiger charge is -2.30. The predicted molar refractivity (Wildman–Crippen MR) is 52.2 cm³/mol. The second-order valence-corrected chi connectivity index (χ2v) is 4.42. The molecule has 0 aromatic heterocycles. The molecule has 0 saturated carbocycles. The molecule has 0 unspecified atom stereocenters. The Balaban J connectivity index is 1.97. The lowest BCUT2D eigenvalue weighted by molar-refractivity contribution is 0.127. The minimum Gasteiger partial charge on any atom is -0.314 e. The van der Waals surface area contributed by atoms with Gasteiger partial charge >= 0.3 is 0 Å². The number of nitrogens with zero attached hydrogens (tertiary/aromatic N) is 1. The van der Waals surface area contributed by atoms with Crippen molar-refractivity contribution in [3.63, 3.8) is 0 Å². The van der Waals surface area contributed by atoms with E-state index >= 15 is 0 Å². The third kappa shape index (κ3) is 1.38. The highest BCUT2D eigenvalue weighted by Gasteiger charge is 2.44. The van der Waals surface area contributed by atoms with Crippen LogP contribution in [-0.2, 0) is 4.18 Å². The number of hydrogen-bond acceptors (Lipinski definition) is 3. The highest BCUT2D eigenvalue weighted by Crippen LogP contribution is 2.39. The Labute approximate surface area is 78.9 Å². The summed E-state index contributed by atoms with van der Waals surface area (Å²) in [4.78, 5) is 2.63. The van der Waals surface area contributed by atoms with Crippen LogP contribution in [0.3, 0.4) is 0 Å². The van der Waals surface area contributed by atoms with Gasteiger partial charge in [-0.15, -0.1) is 0 Å². The zero-order chi connectivity index (χ0) is 8.44. The van der Waals surface area contributed by atoms with E-state index in [4.69, 9.17) is 4.18 Å². The van der Waals surface area contributed by atoms with E-state index < -0.39 is 0 Å². The van der Waals surface area contributed by atoms with E-state index in [0.717, 1.165) is 6.61 Å². The van der Waals surface area contributed by atoms with E-state index in [0.29, 0.717) is 5.54 Å². The summed E-state index contributed by atoms with van der Waals surface area (Å²) in [5, 5.41) is 0. The molecule has 2 nitrogen and oxygen atoms in total. The molecule has 2 heterocycles. The van der Waals surface area contributed by atoms with Crippen LogP contribution < -0.4 is 0 Å². The molecular formula is C9H17NOS. The predicted octanol–water partition coefficient (Wildman–Crippen LogP) is 1.91. The fraction of sp³-hybridized carbons (Fsp3) is 1.00. The van der Waals surface area contributed by atoms with Crippen LogP contribution in [0.4, 0.5) is 0 Å². The molecule has 0 spiro atoms.